The third-order valence-electron chi connectivity index (χ3n) is 4.59. The first-order chi connectivity index (χ1) is 17.6. The molecule has 0 radical (unpaired) electrons. The number of carbonyl (C=O) groups is 2. The molecule has 3 aromatic rings. The summed E-state index contributed by atoms with van der Waals surface area (Å²) in [5, 5.41) is 4.55. The Kier molecular flexibility index (Phi) is 8.68. The topological polar surface area (TPSA) is 147 Å². The van der Waals surface area contributed by atoms with Crippen LogP contribution in [0, 0.1) is 0 Å². The number of rotatable bonds is 9. The molecule has 196 valence electrons. The second-order valence-electron chi connectivity index (χ2n) is 7.21. The number of hydrogen-bond acceptors (Lipinski definition) is 9. The van der Waals surface area contributed by atoms with Gasteiger partial charge in [-0.05, 0) is 18.2 Å². The Bertz CT molecular complexity index is 1320. The van der Waals surface area contributed by atoms with Gasteiger partial charge >= 0.3 is 12.2 Å². The lowest BCUT2D eigenvalue weighted by Crippen LogP contribution is -2.34. The fourth-order valence-corrected chi connectivity index (χ4v) is 2.91. The largest absolute Gasteiger partial charge is 0.493 e. The van der Waals surface area contributed by atoms with E-state index in [0.717, 1.165) is 0 Å². The van der Waals surface area contributed by atoms with E-state index < -0.39 is 23.8 Å². The summed E-state index contributed by atoms with van der Waals surface area (Å²) in [4.78, 5) is 32.0. The van der Waals surface area contributed by atoms with Gasteiger partial charge < -0.3 is 30.0 Å². The number of imide groups is 1. The molecule has 1 heterocycles. The molecule has 0 saturated heterocycles. The molecule has 37 heavy (non-hydrogen) atoms. The zero-order chi connectivity index (χ0) is 27.0. The van der Waals surface area contributed by atoms with Crippen LogP contribution in [-0.4, -0.2) is 55.5 Å². The number of ether oxygens (including phenoxy) is 4. The van der Waals surface area contributed by atoms with Gasteiger partial charge in [-0.15, -0.1) is 0 Å². The molecular weight excluding hydrogens is 499 g/mol. The second-order valence-corrected chi connectivity index (χ2v) is 7.21. The molecule has 2 aromatic carbocycles. The molecule has 0 bridgehead atoms. The van der Waals surface area contributed by atoms with Crippen LogP contribution >= 0.6 is 0 Å². The van der Waals surface area contributed by atoms with Crippen LogP contribution in [-0.2, 0) is 9.53 Å². The van der Waals surface area contributed by atoms with Crippen molar-refractivity contribution in [1.82, 2.24) is 15.3 Å². The molecule has 3 amide bonds. The highest BCUT2D eigenvalue weighted by Crippen LogP contribution is 2.36. The monoisotopic (exact) mass is 521 g/mol. The number of nitrogens with one attached hydrogen (secondary N) is 2. The van der Waals surface area contributed by atoms with Crippen molar-refractivity contribution < 1.29 is 41.7 Å². The zero-order valence-corrected chi connectivity index (χ0v) is 19.6. The molecule has 0 spiro atoms. The number of carbonyl (C=O) groups excluding carboxylic acids is 2. The quantitative estimate of drug-likeness (QED) is 0.284. The Morgan fingerprint density at radius 2 is 1.86 bits per heavy atom. The number of urea groups is 1. The summed E-state index contributed by atoms with van der Waals surface area (Å²) in [5.41, 5.74) is 3.81. The van der Waals surface area contributed by atoms with Gasteiger partial charge in [-0.2, -0.15) is 13.2 Å². The molecule has 0 aliphatic carbocycles. The summed E-state index contributed by atoms with van der Waals surface area (Å²) in [6.07, 6.45) is -3.53. The van der Waals surface area contributed by atoms with Gasteiger partial charge in [0.15, 0.2) is 11.5 Å². The van der Waals surface area contributed by atoms with Crippen molar-refractivity contribution in [2.75, 3.05) is 32.8 Å². The maximum absolute atomic E-state index is 12.4. The van der Waals surface area contributed by atoms with Crippen molar-refractivity contribution in [2.24, 2.45) is 5.73 Å². The van der Waals surface area contributed by atoms with Crippen LogP contribution in [0.15, 0.2) is 54.5 Å². The van der Waals surface area contributed by atoms with Gasteiger partial charge in [-0.1, -0.05) is 6.07 Å². The predicted molar refractivity (Wildman–Crippen MR) is 125 cm³/mol. The average molecular weight is 521 g/mol. The number of amides is 3. The number of benzene rings is 2. The third-order valence-corrected chi connectivity index (χ3v) is 4.59. The molecule has 1 aromatic heterocycles. The minimum atomic E-state index is -4.90. The standard InChI is InChI=1S/C23H22F3N5O6/c1-34-6-7-36-18-10-16-15(9-17(18)35-2)21(29-12-28-16)37-14-5-3-4-13(8-14)30-22(33)31-20(32)11-19(27)23(24,25)26/h3-5,8-12H,6-7,27H2,1-2H3,(H2,30,31,32,33). The van der Waals surface area contributed by atoms with Crippen molar-refractivity contribution in [3.8, 4) is 23.1 Å². The summed E-state index contributed by atoms with van der Waals surface area (Å²) in [5.74, 6) is -0.0387. The lowest BCUT2D eigenvalue weighted by atomic mass is 10.2. The van der Waals surface area contributed by atoms with E-state index in [9.17, 15) is 22.8 Å². The average Bonchev–Trinajstić information content (AvgIpc) is 2.83. The number of alkyl halides is 3. The molecule has 11 nitrogen and oxygen atoms in total. The van der Waals surface area contributed by atoms with E-state index in [2.05, 4.69) is 15.3 Å². The Hall–Kier alpha value is -4.59. The number of anilines is 1. The summed E-state index contributed by atoms with van der Waals surface area (Å²) in [6.45, 7) is 0.686. The number of halogens is 3. The first-order valence-electron chi connectivity index (χ1n) is 10.5. The Morgan fingerprint density at radius 1 is 1.08 bits per heavy atom. The first-order valence-corrected chi connectivity index (χ1v) is 10.5. The number of hydrogen-bond donors (Lipinski definition) is 3. The van der Waals surface area contributed by atoms with Crippen molar-refractivity contribution in [2.45, 2.75) is 6.18 Å². The third kappa shape index (κ3) is 7.44. The van der Waals surface area contributed by atoms with E-state index >= 15 is 0 Å². The highest BCUT2D eigenvalue weighted by atomic mass is 19.4. The van der Waals surface area contributed by atoms with Crippen LogP contribution in [0.1, 0.15) is 0 Å². The summed E-state index contributed by atoms with van der Waals surface area (Å²) in [6, 6.07) is 8.24. The zero-order valence-electron chi connectivity index (χ0n) is 19.6. The number of aromatic nitrogens is 2. The number of nitrogens with two attached hydrogens (primary N) is 1. The minimum absolute atomic E-state index is 0.0711. The SMILES string of the molecule is COCCOc1cc2ncnc(Oc3cccc(NC(=O)NC(=O)C=C(N)C(F)(F)F)c3)c2cc1OC. The molecule has 0 atom stereocenters. The van der Waals surface area contributed by atoms with E-state index in [1.165, 1.54) is 25.6 Å². The summed E-state index contributed by atoms with van der Waals surface area (Å²) >= 11 is 0. The van der Waals surface area contributed by atoms with Crippen LogP contribution < -0.4 is 30.6 Å². The van der Waals surface area contributed by atoms with E-state index in [1.807, 2.05) is 0 Å². The van der Waals surface area contributed by atoms with Gasteiger partial charge in [0.25, 0.3) is 5.91 Å². The molecule has 0 aliphatic rings. The van der Waals surface area contributed by atoms with Gasteiger partial charge in [0.05, 0.1) is 24.6 Å². The van der Waals surface area contributed by atoms with E-state index in [-0.39, 0.29) is 23.4 Å². The molecule has 4 N–H and O–H groups in total. The molecule has 0 saturated carbocycles. The minimum Gasteiger partial charge on any atom is -0.493 e. The van der Waals surface area contributed by atoms with Crippen LogP contribution in [0.2, 0.25) is 0 Å². The lowest BCUT2D eigenvalue weighted by Gasteiger charge is -2.13. The lowest BCUT2D eigenvalue weighted by molar-refractivity contribution is -0.117. The molecule has 3 rings (SSSR count). The van der Waals surface area contributed by atoms with Crippen molar-refractivity contribution >= 4 is 28.5 Å². The van der Waals surface area contributed by atoms with Crippen LogP contribution in [0.4, 0.5) is 23.7 Å². The highest BCUT2D eigenvalue weighted by molar-refractivity contribution is 6.05. The number of allylic oxidation sites excluding steroid dienone is 1. The highest BCUT2D eigenvalue weighted by Gasteiger charge is 2.32. The van der Waals surface area contributed by atoms with Gasteiger partial charge in [-0.25, -0.2) is 14.8 Å². The normalized spacial score (nSPS) is 11.6. The maximum Gasteiger partial charge on any atom is 0.430 e. The fourth-order valence-electron chi connectivity index (χ4n) is 2.91. The maximum atomic E-state index is 12.4. The van der Waals surface area contributed by atoms with E-state index in [1.54, 1.807) is 36.7 Å². The van der Waals surface area contributed by atoms with Crippen LogP contribution in [0.25, 0.3) is 10.9 Å². The molecular formula is C23H22F3N5O6. The Labute approximate surface area is 208 Å². The first kappa shape index (κ1) is 27.0. The molecule has 0 aliphatic heterocycles. The second kappa shape index (κ2) is 11.9. The fraction of sp³-hybridized carbons (Fsp3) is 0.217. The van der Waals surface area contributed by atoms with Gasteiger partial charge in [0.1, 0.15) is 24.4 Å². The van der Waals surface area contributed by atoms with Crippen molar-refractivity contribution in [1.29, 1.82) is 0 Å². The van der Waals surface area contributed by atoms with Gasteiger partial charge in [0, 0.05) is 31.0 Å². The summed E-state index contributed by atoms with van der Waals surface area (Å²) in [7, 11) is 3.04. The number of nitrogens with zero attached hydrogens (tertiary/aromatic N) is 2. The Morgan fingerprint density at radius 3 is 2.57 bits per heavy atom. The summed E-state index contributed by atoms with van der Waals surface area (Å²) < 4.78 is 59.2. The molecule has 0 unspecified atom stereocenters. The van der Waals surface area contributed by atoms with Crippen molar-refractivity contribution in [3.05, 3.63) is 54.5 Å². The van der Waals surface area contributed by atoms with Crippen LogP contribution in [0.5, 0.6) is 23.1 Å². The smallest absolute Gasteiger partial charge is 0.430 e. The van der Waals surface area contributed by atoms with E-state index in [0.29, 0.717) is 35.6 Å². The van der Waals surface area contributed by atoms with Crippen molar-refractivity contribution in [3.63, 3.8) is 0 Å². The number of fused-ring (bicyclic) bond motifs is 1. The van der Waals surface area contributed by atoms with Gasteiger partial charge in [0.2, 0.25) is 5.88 Å². The molecule has 0 fully saturated rings. The number of methoxy groups -OCH3 is 2. The predicted octanol–water partition coefficient (Wildman–Crippen LogP) is 3.51. The van der Waals surface area contributed by atoms with Gasteiger partial charge in [-0.3, -0.25) is 10.1 Å². The molecule has 14 heteroatoms. The van der Waals surface area contributed by atoms with E-state index in [4.69, 9.17) is 24.7 Å². The Balaban J connectivity index is 1.75. The van der Waals surface area contributed by atoms with Crippen LogP contribution in [0.3, 0.4) is 0 Å².